The summed E-state index contributed by atoms with van der Waals surface area (Å²) in [5.74, 6) is 1.02. The molecule has 0 aliphatic rings. The van der Waals surface area contributed by atoms with E-state index in [1.54, 1.807) is 25.3 Å². The number of H-pyrrole nitrogens is 1. The molecule has 0 amide bonds. The highest BCUT2D eigenvalue weighted by atomic mass is 35.5. The van der Waals surface area contributed by atoms with Gasteiger partial charge in [-0.2, -0.15) is 0 Å². The number of aromatic amines is 1. The van der Waals surface area contributed by atoms with Crippen LogP contribution in [0, 0.1) is 5.92 Å². The fourth-order valence-electron chi connectivity index (χ4n) is 2.14. The number of fused-ring (bicyclic) bond motifs is 1. The number of methoxy groups -OCH3 is 1. The first kappa shape index (κ1) is 15.9. The first-order valence-corrected chi connectivity index (χ1v) is 7.30. The molecule has 6 heteroatoms. The van der Waals surface area contributed by atoms with Gasteiger partial charge in [-0.05, 0) is 24.1 Å². The molecule has 2 N–H and O–H groups in total. The average molecular weight is 310 g/mol. The van der Waals surface area contributed by atoms with Crippen LogP contribution in [0.5, 0.6) is 0 Å². The van der Waals surface area contributed by atoms with Crippen molar-refractivity contribution in [1.82, 2.24) is 15.3 Å². The van der Waals surface area contributed by atoms with E-state index in [9.17, 15) is 4.79 Å². The second-order valence-corrected chi connectivity index (χ2v) is 5.80. The van der Waals surface area contributed by atoms with Crippen LogP contribution in [0.15, 0.2) is 23.0 Å². The van der Waals surface area contributed by atoms with Crippen LogP contribution in [0.1, 0.15) is 19.7 Å². The van der Waals surface area contributed by atoms with Crippen LogP contribution >= 0.6 is 11.6 Å². The maximum absolute atomic E-state index is 12.0. The summed E-state index contributed by atoms with van der Waals surface area (Å²) >= 11 is 5.95. The topological polar surface area (TPSA) is 67.0 Å². The molecule has 114 valence electrons. The van der Waals surface area contributed by atoms with Crippen LogP contribution in [0.4, 0.5) is 0 Å². The quantitative estimate of drug-likeness (QED) is 0.859. The zero-order chi connectivity index (χ0) is 15.4. The van der Waals surface area contributed by atoms with Crippen molar-refractivity contribution in [2.75, 3.05) is 13.7 Å². The first-order valence-electron chi connectivity index (χ1n) is 6.92. The minimum Gasteiger partial charge on any atom is -0.383 e. The van der Waals surface area contributed by atoms with Crippen LogP contribution in [-0.2, 0) is 11.3 Å². The number of aromatic nitrogens is 2. The summed E-state index contributed by atoms with van der Waals surface area (Å²) in [6.45, 7) is 5.32. The van der Waals surface area contributed by atoms with Gasteiger partial charge in [0.25, 0.3) is 5.56 Å². The Hall–Kier alpha value is -1.43. The molecule has 0 radical (unpaired) electrons. The third kappa shape index (κ3) is 4.03. The number of benzene rings is 1. The van der Waals surface area contributed by atoms with Gasteiger partial charge in [-0.1, -0.05) is 25.4 Å². The smallest absolute Gasteiger partial charge is 0.258 e. The van der Waals surface area contributed by atoms with Crippen molar-refractivity contribution in [1.29, 1.82) is 0 Å². The van der Waals surface area contributed by atoms with Gasteiger partial charge in [0.15, 0.2) is 0 Å². The molecule has 2 rings (SSSR count). The monoisotopic (exact) mass is 309 g/mol. The summed E-state index contributed by atoms with van der Waals surface area (Å²) in [6, 6.07) is 5.27. The summed E-state index contributed by atoms with van der Waals surface area (Å²) in [6.07, 6.45) is 0. The molecular weight excluding hydrogens is 290 g/mol. The molecule has 1 heterocycles. The predicted octanol–water partition coefficient (Wildman–Crippen LogP) is 2.34. The zero-order valence-corrected chi connectivity index (χ0v) is 13.2. The van der Waals surface area contributed by atoms with Crippen LogP contribution < -0.4 is 10.9 Å². The molecule has 0 bridgehead atoms. The Kier molecular flexibility index (Phi) is 5.33. The molecule has 1 aromatic carbocycles. The molecule has 1 unspecified atom stereocenters. The molecule has 0 aliphatic carbocycles. The number of hydrogen-bond donors (Lipinski definition) is 2. The van der Waals surface area contributed by atoms with E-state index in [-0.39, 0.29) is 11.6 Å². The molecule has 0 aliphatic heterocycles. The number of hydrogen-bond acceptors (Lipinski definition) is 4. The second-order valence-electron chi connectivity index (χ2n) is 5.36. The lowest BCUT2D eigenvalue weighted by atomic mass is 10.1. The Labute approximate surface area is 128 Å². The lowest BCUT2D eigenvalue weighted by Crippen LogP contribution is -2.38. The fourth-order valence-corrected chi connectivity index (χ4v) is 2.31. The Morgan fingerprint density at radius 2 is 2.19 bits per heavy atom. The van der Waals surface area contributed by atoms with Gasteiger partial charge in [-0.3, -0.25) is 4.79 Å². The Bertz CT molecular complexity index is 670. The van der Waals surface area contributed by atoms with E-state index in [4.69, 9.17) is 16.3 Å². The van der Waals surface area contributed by atoms with Crippen molar-refractivity contribution in [2.24, 2.45) is 5.92 Å². The zero-order valence-electron chi connectivity index (χ0n) is 12.4. The summed E-state index contributed by atoms with van der Waals surface area (Å²) in [5.41, 5.74) is 0.456. The molecule has 1 atom stereocenters. The maximum atomic E-state index is 12.0. The van der Waals surface area contributed by atoms with Gasteiger partial charge in [0.2, 0.25) is 0 Å². The number of nitrogens with zero attached hydrogens (tertiary/aromatic N) is 1. The van der Waals surface area contributed by atoms with Crippen molar-refractivity contribution < 1.29 is 4.74 Å². The summed E-state index contributed by atoms with van der Waals surface area (Å²) < 4.78 is 5.19. The number of rotatable bonds is 6. The largest absolute Gasteiger partial charge is 0.383 e. The van der Waals surface area contributed by atoms with Gasteiger partial charge >= 0.3 is 0 Å². The van der Waals surface area contributed by atoms with E-state index in [1.165, 1.54) is 0 Å². The molecular formula is C15H20ClN3O2. The third-order valence-electron chi connectivity index (χ3n) is 3.40. The molecule has 0 spiro atoms. The molecule has 0 saturated carbocycles. The van der Waals surface area contributed by atoms with E-state index < -0.39 is 0 Å². The fraction of sp³-hybridized carbons (Fsp3) is 0.467. The molecule has 2 aromatic rings. The summed E-state index contributed by atoms with van der Waals surface area (Å²) in [4.78, 5) is 19.3. The van der Waals surface area contributed by atoms with E-state index in [0.717, 1.165) is 0 Å². The molecule has 0 saturated heterocycles. The molecule has 5 nitrogen and oxygen atoms in total. The Morgan fingerprint density at radius 1 is 1.43 bits per heavy atom. The predicted molar refractivity (Wildman–Crippen MR) is 84.7 cm³/mol. The van der Waals surface area contributed by atoms with Gasteiger partial charge in [0, 0.05) is 18.2 Å². The number of halogens is 1. The van der Waals surface area contributed by atoms with Gasteiger partial charge in [-0.25, -0.2) is 4.98 Å². The Morgan fingerprint density at radius 3 is 2.86 bits per heavy atom. The summed E-state index contributed by atoms with van der Waals surface area (Å²) in [7, 11) is 1.68. The second kappa shape index (κ2) is 7.02. The minimum absolute atomic E-state index is 0.152. The lowest BCUT2D eigenvalue weighted by molar-refractivity contribution is 0.146. The van der Waals surface area contributed by atoms with Crippen molar-refractivity contribution in [3.05, 3.63) is 39.4 Å². The van der Waals surface area contributed by atoms with Gasteiger partial charge in [0.05, 0.1) is 24.1 Å². The van der Waals surface area contributed by atoms with E-state index in [2.05, 4.69) is 29.1 Å². The highest BCUT2D eigenvalue weighted by molar-refractivity contribution is 6.31. The van der Waals surface area contributed by atoms with Crippen LogP contribution in [0.2, 0.25) is 5.02 Å². The number of ether oxygens (including phenoxy) is 1. The normalized spacial score (nSPS) is 13.0. The van der Waals surface area contributed by atoms with Crippen LogP contribution in [0.25, 0.3) is 10.9 Å². The van der Waals surface area contributed by atoms with Crippen molar-refractivity contribution in [3.63, 3.8) is 0 Å². The van der Waals surface area contributed by atoms with E-state index >= 15 is 0 Å². The van der Waals surface area contributed by atoms with Crippen LogP contribution in [0.3, 0.4) is 0 Å². The SMILES string of the molecule is COCC(NCc1nc2cc(Cl)ccc2c(=O)[nH]1)C(C)C. The van der Waals surface area contributed by atoms with Crippen LogP contribution in [-0.4, -0.2) is 29.7 Å². The standard InChI is InChI=1S/C15H20ClN3O2/c1-9(2)13(8-21-3)17-7-14-18-12-6-10(16)4-5-11(12)15(20)19-14/h4-6,9,13,17H,7-8H2,1-3H3,(H,18,19,20). The average Bonchev–Trinajstić information content (AvgIpc) is 2.42. The molecule has 21 heavy (non-hydrogen) atoms. The minimum atomic E-state index is -0.152. The van der Waals surface area contributed by atoms with E-state index in [1.807, 2.05) is 0 Å². The Balaban J connectivity index is 2.20. The van der Waals surface area contributed by atoms with E-state index in [0.29, 0.717) is 40.8 Å². The van der Waals surface area contributed by atoms with Gasteiger partial charge < -0.3 is 15.0 Å². The molecule has 0 fully saturated rings. The van der Waals surface area contributed by atoms with Crippen molar-refractivity contribution in [3.8, 4) is 0 Å². The highest BCUT2D eigenvalue weighted by Crippen LogP contribution is 2.14. The van der Waals surface area contributed by atoms with Crippen molar-refractivity contribution in [2.45, 2.75) is 26.4 Å². The number of nitrogens with one attached hydrogen (secondary N) is 2. The van der Waals surface area contributed by atoms with Gasteiger partial charge in [-0.15, -0.1) is 0 Å². The maximum Gasteiger partial charge on any atom is 0.258 e. The summed E-state index contributed by atoms with van der Waals surface area (Å²) in [5, 5.41) is 4.46. The highest BCUT2D eigenvalue weighted by Gasteiger charge is 2.13. The van der Waals surface area contributed by atoms with Gasteiger partial charge in [0.1, 0.15) is 5.82 Å². The third-order valence-corrected chi connectivity index (χ3v) is 3.64. The first-order chi connectivity index (χ1) is 10.0. The lowest BCUT2D eigenvalue weighted by Gasteiger charge is -2.21. The van der Waals surface area contributed by atoms with Crippen molar-refractivity contribution >= 4 is 22.5 Å². The molecule has 1 aromatic heterocycles.